The van der Waals surface area contributed by atoms with Gasteiger partial charge in [-0.2, -0.15) is 0 Å². The van der Waals surface area contributed by atoms with Gasteiger partial charge in [0.15, 0.2) is 8.32 Å². The SMILES string of the molecule is CB(O)N1C[C@H](O[Si](C)(C)C(C)(C)C)C[C@H]1c1ncc(-c2ccc(B3OC(C)(C)C(C)(C)O3)cc2)[nH]1. The van der Waals surface area contributed by atoms with Gasteiger partial charge >= 0.3 is 14.2 Å². The number of H-pyrrole nitrogens is 1. The van der Waals surface area contributed by atoms with Crippen molar-refractivity contribution in [1.29, 1.82) is 0 Å². The van der Waals surface area contributed by atoms with Crippen LogP contribution < -0.4 is 5.46 Å². The van der Waals surface area contributed by atoms with Crippen LogP contribution in [0.3, 0.4) is 0 Å². The Bertz CT molecular complexity index is 1050. The normalized spacial score (nSPS) is 24.5. The molecule has 2 N–H and O–H groups in total. The van der Waals surface area contributed by atoms with Gasteiger partial charge in [0.25, 0.3) is 0 Å². The van der Waals surface area contributed by atoms with E-state index in [4.69, 9.17) is 18.7 Å². The highest BCUT2D eigenvalue weighted by Gasteiger charge is 2.51. The van der Waals surface area contributed by atoms with Crippen LogP contribution in [0.2, 0.25) is 25.0 Å². The fourth-order valence-corrected chi connectivity index (χ4v) is 5.99. The molecule has 10 heteroatoms. The van der Waals surface area contributed by atoms with E-state index >= 15 is 0 Å². The predicted molar refractivity (Wildman–Crippen MR) is 150 cm³/mol. The summed E-state index contributed by atoms with van der Waals surface area (Å²) in [7, 11) is -2.86. The monoisotopic (exact) mass is 511 g/mol. The van der Waals surface area contributed by atoms with Crippen LogP contribution >= 0.6 is 0 Å². The first-order valence-electron chi connectivity index (χ1n) is 13.1. The van der Waals surface area contributed by atoms with Crippen molar-refractivity contribution in [2.24, 2.45) is 0 Å². The van der Waals surface area contributed by atoms with Crippen LogP contribution in [0.1, 0.15) is 66.8 Å². The fraction of sp³-hybridized carbons (Fsp3) is 0.654. The van der Waals surface area contributed by atoms with Crippen LogP contribution in [0, 0.1) is 0 Å². The van der Waals surface area contributed by atoms with Crippen LogP contribution in [0.25, 0.3) is 11.3 Å². The summed E-state index contributed by atoms with van der Waals surface area (Å²) in [5, 5.41) is 10.7. The van der Waals surface area contributed by atoms with Gasteiger partial charge in [-0.15, -0.1) is 0 Å². The summed E-state index contributed by atoms with van der Waals surface area (Å²) in [5.41, 5.74) is 2.27. The minimum Gasteiger partial charge on any atom is -0.437 e. The van der Waals surface area contributed by atoms with Crippen molar-refractivity contribution in [3.63, 3.8) is 0 Å². The molecule has 2 aliphatic heterocycles. The Morgan fingerprint density at radius 1 is 1.14 bits per heavy atom. The van der Waals surface area contributed by atoms with E-state index in [2.05, 4.69) is 95.6 Å². The molecule has 0 saturated carbocycles. The van der Waals surface area contributed by atoms with Crippen LogP contribution in [-0.2, 0) is 13.7 Å². The minimum absolute atomic E-state index is 0.0162. The Morgan fingerprint density at radius 2 is 1.72 bits per heavy atom. The Hall–Kier alpha value is -1.42. The highest BCUT2D eigenvalue weighted by atomic mass is 28.4. The van der Waals surface area contributed by atoms with E-state index in [1.54, 1.807) is 0 Å². The number of nitrogens with zero attached hydrogens (tertiary/aromatic N) is 2. The second kappa shape index (κ2) is 9.40. The number of hydrogen-bond acceptors (Lipinski definition) is 6. The predicted octanol–water partition coefficient (Wildman–Crippen LogP) is 4.62. The van der Waals surface area contributed by atoms with E-state index in [9.17, 15) is 5.02 Å². The first kappa shape index (κ1) is 27.6. The van der Waals surface area contributed by atoms with Crippen molar-refractivity contribution >= 4 is 27.9 Å². The zero-order chi connectivity index (χ0) is 26.7. The third-order valence-corrected chi connectivity index (χ3v) is 13.2. The van der Waals surface area contributed by atoms with E-state index in [1.807, 2.05) is 13.0 Å². The van der Waals surface area contributed by atoms with Gasteiger partial charge in [-0.25, -0.2) is 4.98 Å². The molecule has 2 aliphatic rings. The summed E-state index contributed by atoms with van der Waals surface area (Å²) in [6, 6.07) is 8.24. The molecule has 2 saturated heterocycles. The third-order valence-electron chi connectivity index (χ3n) is 8.71. The number of hydrogen-bond donors (Lipinski definition) is 2. The lowest BCUT2D eigenvalue weighted by atomic mass is 9.79. The number of aromatic amines is 1. The molecule has 0 spiro atoms. The highest BCUT2D eigenvalue weighted by Crippen LogP contribution is 2.41. The summed E-state index contributed by atoms with van der Waals surface area (Å²) < 4.78 is 19.1. The van der Waals surface area contributed by atoms with Gasteiger partial charge in [0.2, 0.25) is 0 Å². The largest absolute Gasteiger partial charge is 0.494 e. The molecule has 1 aromatic heterocycles. The second-order valence-electron chi connectivity index (χ2n) is 13.0. The summed E-state index contributed by atoms with van der Waals surface area (Å²) in [4.78, 5) is 10.3. The molecule has 0 bridgehead atoms. The molecule has 36 heavy (non-hydrogen) atoms. The van der Waals surface area contributed by atoms with Crippen molar-refractivity contribution in [3.8, 4) is 11.3 Å². The maximum Gasteiger partial charge on any atom is 0.494 e. The quantitative estimate of drug-likeness (QED) is 0.551. The van der Waals surface area contributed by atoms with Crippen molar-refractivity contribution in [2.45, 2.75) is 103 Å². The standard InChI is InChI=1S/C26H43B2N3O4Si/c1-24(2,3)36(9,10)33-20-15-22(31(17-20)27(8)32)23-29-16-21(30-23)18-11-13-19(14-12-18)28-34-25(4,5)26(6,7)35-28/h11-14,16,20,22,32H,15,17H2,1-10H3,(H,29,30)/t20-,22+/m1/s1. The minimum atomic E-state index is -1.91. The zero-order valence-corrected chi connectivity index (χ0v) is 24.7. The Labute approximate surface area is 218 Å². The lowest BCUT2D eigenvalue weighted by Gasteiger charge is -2.38. The van der Waals surface area contributed by atoms with E-state index in [0.717, 1.165) is 29.0 Å². The van der Waals surface area contributed by atoms with Crippen LogP contribution in [0.4, 0.5) is 0 Å². The molecular weight excluding hydrogens is 468 g/mol. The molecule has 2 aromatic rings. The lowest BCUT2D eigenvalue weighted by molar-refractivity contribution is 0.00578. The molecule has 2 fully saturated rings. The maximum absolute atomic E-state index is 10.5. The number of rotatable bonds is 6. The van der Waals surface area contributed by atoms with E-state index < -0.39 is 15.4 Å². The molecular formula is C26H43B2N3O4Si. The van der Waals surface area contributed by atoms with Gasteiger partial charge in [0.1, 0.15) is 5.82 Å². The molecule has 2 atom stereocenters. The number of benzene rings is 1. The molecule has 0 amide bonds. The van der Waals surface area contributed by atoms with Gasteiger partial charge in [-0.1, -0.05) is 45.0 Å². The van der Waals surface area contributed by atoms with Gasteiger partial charge in [0.05, 0.1) is 35.2 Å². The second-order valence-corrected chi connectivity index (χ2v) is 17.7. The molecule has 4 rings (SSSR count). The Balaban J connectivity index is 1.49. The number of aromatic nitrogens is 2. The first-order valence-corrected chi connectivity index (χ1v) is 16.0. The van der Waals surface area contributed by atoms with Crippen molar-refractivity contribution in [2.75, 3.05) is 6.54 Å². The zero-order valence-electron chi connectivity index (χ0n) is 23.7. The van der Waals surface area contributed by atoms with Crippen LogP contribution in [0.15, 0.2) is 30.5 Å². The molecule has 1 aromatic carbocycles. The van der Waals surface area contributed by atoms with Gasteiger partial charge < -0.3 is 28.6 Å². The highest BCUT2D eigenvalue weighted by molar-refractivity contribution is 6.74. The molecule has 196 valence electrons. The summed E-state index contributed by atoms with van der Waals surface area (Å²) in [6.07, 6.45) is 2.77. The smallest absolute Gasteiger partial charge is 0.437 e. The van der Waals surface area contributed by atoms with E-state index in [-0.39, 0.29) is 35.5 Å². The summed E-state index contributed by atoms with van der Waals surface area (Å²) in [6.45, 7) is 22.1. The fourth-order valence-electron chi connectivity index (χ4n) is 4.63. The van der Waals surface area contributed by atoms with Gasteiger partial charge in [0, 0.05) is 6.54 Å². The van der Waals surface area contributed by atoms with Crippen molar-refractivity contribution < 1.29 is 18.8 Å². The summed E-state index contributed by atoms with van der Waals surface area (Å²) in [5.74, 6) is 0.863. The Morgan fingerprint density at radius 3 is 2.25 bits per heavy atom. The molecule has 0 radical (unpaired) electrons. The molecule has 0 unspecified atom stereocenters. The van der Waals surface area contributed by atoms with E-state index in [0.29, 0.717) is 6.54 Å². The van der Waals surface area contributed by atoms with Crippen LogP contribution in [0.5, 0.6) is 0 Å². The lowest BCUT2D eigenvalue weighted by Crippen LogP contribution is -2.45. The maximum atomic E-state index is 10.5. The number of nitrogens with one attached hydrogen (secondary N) is 1. The van der Waals surface area contributed by atoms with Gasteiger partial charge in [-0.3, -0.25) is 0 Å². The first-order chi connectivity index (χ1) is 16.5. The van der Waals surface area contributed by atoms with Crippen molar-refractivity contribution in [1.82, 2.24) is 14.8 Å². The van der Waals surface area contributed by atoms with Crippen molar-refractivity contribution in [3.05, 3.63) is 36.3 Å². The van der Waals surface area contributed by atoms with Crippen LogP contribution in [-0.4, -0.2) is 66.1 Å². The van der Waals surface area contributed by atoms with E-state index in [1.165, 1.54) is 0 Å². The average Bonchev–Trinajstić information content (AvgIpc) is 3.43. The average molecular weight is 511 g/mol. The number of imidazole rings is 1. The topological polar surface area (TPSA) is 79.8 Å². The third kappa shape index (κ3) is 5.26. The molecule has 0 aliphatic carbocycles. The molecule has 3 heterocycles. The Kier molecular flexibility index (Phi) is 7.21. The molecule has 7 nitrogen and oxygen atoms in total. The van der Waals surface area contributed by atoms with Gasteiger partial charge in [-0.05, 0) is 70.1 Å². The summed E-state index contributed by atoms with van der Waals surface area (Å²) >= 11 is 0.